The Labute approximate surface area is 158 Å². The number of carbonyl (C=O) groups excluding carboxylic acids is 3. The molecule has 7 nitrogen and oxygen atoms in total. The number of benzene rings is 1. The number of fused-ring (bicyclic) bond motifs is 1. The van der Waals surface area contributed by atoms with Crippen LogP contribution in [0.2, 0.25) is 0 Å². The van der Waals surface area contributed by atoms with Crippen molar-refractivity contribution in [1.29, 1.82) is 0 Å². The van der Waals surface area contributed by atoms with E-state index in [-0.39, 0.29) is 30.3 Å². The largest absolute Gasteiger partial charge is 0.362 e. The molecule has 2 heterocycles. The van der Waals surface area contributed by atoms with Gasteiger partial charge in [-0.3, -0.25) is 14.4 Å². The molecule has 0 bridgehead atoms. The number of anilines is 1. The zero-order chi connectivity index (χ0) is 18.9. The minimum Gasteiger partial charge on any atom is -0.362 e. The first kappa shape index (κ1) is 17.8. The Balaban J connectivity index is 1.41. The molecule has 1 aliphatic carbocycles. The Morgan fingerprint density at radius 3 is 2.74 bits per heavy atom. The van der Waals surface area contributed by atoms with Crippen molar-refractivity contribution < 1.29 is 14.4 Å². The van der Waals surface area contributed by atoms with Crippen molar-refractivity contribution >= 4 is 23.4 Å². The minimum absolute atomic E-state index is 0.0386. The van der Waals surface area contributed by atoms with Gasteiger partial charge in [0.25, 0.3) is 5.91 Å². The molecular weight excluding hydrogens is 344 g/mol. The molecule has 3 amide bonds. The van der Waals surface area contributed by atoms with Gasteiger partial charge in [-0.15, -0.1) is 0 Å². The lowest BCUT2D eigenvalue weighted by atomic mass is 9.95. The van der Waals surface area contributed by atoms with E-state index in [1.165, 1.54) is 0 Å². The third kappa shape index (κ3) is 3.77. The normalized spacial score (nSPS) is 25.6. The van der Waals surface area contributed by atoms with Gasteiger partial charge in [0.2, 0.25) is 11.8 Å². The van der Waals surface area contributed by atoms with Crippen LogP contribution in [0, 0.1) is 0 Å². The number of para-hydroxylation sites is 1. The summed E-state index contributed by atoms with van der Waals surface area (Å²) in [5.41, 5.74) is 0.769. The Morgan fingerprint density at radius 1 is 1.15 bits per heavy atom. The Kier molecular flexibility index (Phi) is 4.76. The monoisotopic (exact) mass is 370 g/mol. The molecule has 0 unspecified atom stereocenters. The third-order valence-electron chi connectivity index (χ3n) is 5.88. The average molecular weight is 370 g/mol. The van der Waals surface area contributed by atoms with Crippen LogP contribution in [0.15, 0.2) is 24.3 Å². The van der Waals surface area contributed by atoms with Crippen molar-refractivity contribution in [3.05, 3.63) is 29.8 Å². The molecule has 7 heteroatoms. The molecule has 1 aromatic rings. The fourth-order valence-corrected chi connectivity index (χ4v) is 4.35. The molecule has 2 fully saturated rings. The molecule has 2 aliphatic heterocycles. The number of carbonyl (C=O) groups is 3. The van der Waals surface area contributed by atoms with Gasteiger partial charge in [0.05, 0.1) is 12.1 Å². The highest BCUT2D eigenvalue weighted by Gasteiger charge is 2.40. The molecule has 27 heavy (non-hydrogen) atoms. The van der Waals surface area contributed by atoms with Crippen LogP contribution in [0.4, 0.5) is 5.69 Å². The molecule has 1 saturated carbocycles. The second-order valence-electron chi connectivity index (χ2n) is 7.82. The Hall–Kier alpha value is -2.57. The molecule has 1 atom stereocenters. The van der Waals surface area contributed by atoms with E-state index in [1.807, 2.05) is 18.2 Å². The number of likely N-dealkylation sites (tertiary alicyclic amines) is 1. The molecular formula is C20H26N4O3. The zero-order valence-corrected chi connectivity index (χ0v) is 15.4. The van der Waals surface area contributed by atoms with Gasteiger partial charge in [0.15, 0.2) is 0 Å². The van der Waals surface area contributed by atoms with Crippen LogP contribution in [0.25, 0.3) is 0 Å². The number of nitrogens with zero attached hydrogens (tertiary/aromatic N) is 1. The van der Waals surface area contributed by atoms with Gasteiger partial charge >= 0.3 is 0 Å². The summed E-state index contributed by atoms with van der Waals surface area (Å²) in [6.07, 6.45) is 5.73. The summed E-state index contributed by atoms with van der Waals surface area (Å²) in [6, 6.07) is 7.64. The molecule has 1 saturated heterocycles. The van der Waals surface area contributed by atoms with Crippen LogP contribution in [-0.2, 0) is 9.59 Å². The van der Waals surface area contributed by atoms with Gasteiger partial charge < -0.3 is 20.9 Å². The number of hydrogen-bond acceptors (Lipinski definition) is 4. The zero-order valence-electron chi connectivity index (χ0n) is 15.4. The maximum Gasteiger partial charge on any atom is 0.255 e. The first-order valence-corrected chi connectivity index (χ1v) is 9.82. The first-order valence-electron chi connectivity index (χ1n) is 9.82. The molecule has 1 spiro atoms. The Morgan fingerprint density at radius 2 is 1.93 bits per heavy atom. The molecule has 0 radical (unpaired) electrons. The van der Waals surface area contributed by atoms with Gasteiger partial charge in [-0.1, -0.05) is 25.0 Å². The number of hydrogen-bond donors (Lipinski definition) is 3. The van der Waals surface area contributed by atoms with Gasteiger partial charge in [-0.05, 0) is 31.4 Å². The van der Waals surface area contributed by atoms with Gasteiger partial charge in [-0.25, -0.2) is 0 Å². The minimum atomic E-state index is -0.641. The van der Waals surface area contributed by atoms with Crippen molar-refractivity contribution in [2.75, 3.05) is 18.4 Å². The number of nitrogens with one attached hydrogen (secondary N) is 3. The molecule has 0 aromatic heterocycles. The summed E-state index contributed by atoms with van der Waals surface area (Å²) in [4.78, 5) is 39.0. The van der Waals surface area contributed by atoms with Crippen molar-refractivity contribution in [1.82, 2.24) is 15.5 Å². The van der Waals surface area contributed by atoms with Crippen LogP contribution < -0.4 is 16.0 Å². The summed E-state index contributed by atoms with van der Waals surface area (Å²) in [7, 11) is 0. The predicted octanol–water partition coefficient (Wildman–Crippen LogP) is 1.61. The highest BCUT2D eigenvalue weighted by molar-refractivity contribution is 6.02. The maximum absolute atomic E-state index is 12.5. The van der Waals surface area contributed by atoms with E-state index in [9.17, 15) is 14.4 Å². The van der Waals surface area contributed by atoms with Gasteiger partial charge in [0, 0.05) is 31.1 Å². The summed E-state index contributed by atoms with van der Waals surface area (Å²) in [5, 5.41) is 9.52. The second-order valence-corrected chi connectivity index (χ2v) is 7.82. The number of rotatable bonds is 3. The SMILES string of the molecule is O=C(CN1CC[C@@]2(CCC1=O)NC(=O)c1ccccc1N2)NC1CCCC1. The highest BCUT2D eigenvalue weighted by atomic mass is 16.2. The van der Waals surface area contributed by atoms with Crippen LogP contribution in [-0.4, -0.2) is 47.4 Å². The maximum atomic E-state index is 12.5. The topological polar surface area (TPSA) is 90.5 Å². The molecule has 1 aromatic carbocycles. The van der Waals surface area contributed by atoms with E-state index in [0.29, 0.717) is 31.4 Å². The van der Waals surface area contributed by atoms with E-state index >= 15 is 0 Å². The van der Waals surface area contributed by atoms with E-state index in [2.05, 4.69) is 16.0 Å². The van der Waals surface area contributed by atoms with Crippen molar-refractivity contribution in [3.63, 3.8) is 0 Å². The summed E-state index contributed by atoms with van der Waals surface area (Å²) in [6.45, 7) is 0.530. The van der Waals surface area contributed by atoms with Crippen LogP contribution in [0.1, 0.15) is 55.3 Å². The molecule has 4 rings (SSSR count). The predicted molar refractivity (Wildman–Crippen MR) is 101 cm³/mol. The quantitative estimate of drug-likeness (QED) is 0.754. The van der Waals surface area contributed by atoms with E-state index in [4.69, 9.17) is 0 Å². The summed E-state index contributed by atoms with van der Waals surface area (Å²) in [5.74, 6) is -0.246. The standard InChI is InChI=1S/C20H26N4O3/c25-17(21-14-5-1-2-6-14)13-24-12-11-20(10-9-18(24)26)22-16-8-4-3-7-15(16)19(27)23-20/h3-4,7-8,14,22H,1-2,5-6,9-13H2,(H,21,25)(H,23,27)/t20-/m1/s1. The second kappa shape index (κ2) is 7.21. The lowest BCUT2D eigenvalue weighted by Gasteiger charge is -2.39. The highest BCUT2D eigenvalue weighted by Crippen LogP contribution is 2.31. The van der Waals surface area contributed by atoms with Crippen molar-refractivity contribution in [2.45, 2.75) is 56.7 Å². The number of amides is 3. The van der Waals surface area contributed by atoms with Crippen LogP contribution >= 0.6 is 0 Å². The third-order valence-corrected chi connectivity index (χ3v) is 5.88. The van der Waals surface area contributed by atoms with Crippen LogP contribution in [0.3, 0.4) is 0 Å². The fraction of sp³-hybridized carbons (Fsp3) is 0.550. The molecule has 3 aliphatic rings. The van der Waals surface area contributed by atoms with Gasteiger partial charge in [-0.2, -0.15) is 0 Å². The van der Waals surface area contributed by atoms with Crippen molar-refractivity contribution in [2.24, 2.45) is 0 Å². The fourth-order valence-electron chi connectivity index (χ4n) is 4.35. The summed E-state index contributed by atoms with van der Waals surface area (Å²) >= 11 is 0. The molecule has 3 N–H and O–H groups in total. The Bertz CT molecular complexity index is 759. The lowest BCUT2D eigenvalue weighted by Crippen LogP contribution is -2.58. The first-order chi connectivity index (χ1) is 13.0. The average Bonchev–Trinajstić information content (AvgIpc) is 3.11. The van der Waals surface area contributed by atoms with Crippen LogP contribution in [0.5, 0.6) is 0 Å². The van der Waals surface area contributed by atoms with Gasteiger partial charge in [0.1, 0.15) is 5.66 Å². The van der Waals surface area contributed by atoms with E-state index < -0.39 is 5.66 Å². The summed E-state index contributed by atoms with van der Waals surface area (Å²) < 4.78 is 0. The van der Waals surface area contributed by atoms with Crippen molar-refractivity contribution in [3.8, 4) is 0 Å². The molecule has 144 valence electrons. The van der Waals surface area contributed by atoms with E-state index in [0.717, 1.165) is 31.4 Å². The van der Waals surface area contributed by atoms with E-state index in [1.54, 1.807) is 11.0 Å². The lowest BCUT2D eigenvalue weighted by molar-refractivity contribution is -0.135. The smallest absolute Gasteiger partial charge is 0.255 e.